The summed E-state index contributed by atoms with van der Waals surface area (Å²) in [5.41, 5.74) is 2.81. The van der Waals surface area contributed by atoms with Gasteiger partial charge in [0.25, 0.3) is 0 Å². The average Bonchev–Trinajstić information content (AvgIpc) is 3.44. The quantitative estimate of drug-likeness (QED) is 0.579. The second kappa shape index (κ2) is 6.39. The Morgan fingerprint density at radius 3 is 2.79 bits per heavy atom. The second-order valence-corrected chi connectivity index (χ2v) is 8.60. The van der Waals surface area contributed by atoms with Crippen molar-refractivity contribution in [1.29, 1.82) is 0 Å². The summed E-state index contributed by atoms with van der Waals surface area (Å²) >= 11 is 1.86. The number of nitrogens with zero attached hydrogens (tertiary/aromatic N) is 5. The fourth-order valence-corrected chi connectivity index (χ4v) is 5.24. The molecule has 3 aliphatic rings. The first-order valence-electron chi connectivity index (χ1n) is 9.63. The van der Waals surface area contributed by atoms with Crippen LogP contribution in [0.3, 0.4) is 0 Å². The van der Waals surface area contributed by atoms with Gasteiger partial charge in [0.15, 0.2) is 0 Å². The van der Waals surface area contributed by atoms with Crippen molar-refractivity contribution in [2.45, 2.75) is 25.0 Å². The first-order chi connectivity index (χ1) is 13.8. The van der Waals surface area contributed by atoms with E-state index in [0.717, 1.165) is 47.7 Å². The van der Waals surface area contributed by atoms with Crippen LogP contribution in [0.25, 0.3) is 22.3 Å². The van der Waals surface area contributed by atoms with Crippen molar-refractivity contribution in [1.82, 2.24) is 24.8 Å². The summed E-state index contributed by atoms with van der Waals surface area (Å²) in [5.74, 6) is 1.06. The number of fused-ring (bicyclic) bond motifs is 3. The van der Waals surface area contributed by atoms with Gasteiger partial charge in [-0.2, -0.15) is 0 Å². The summed E-state index contributed by atoms with van der Waals surface area (Å²) in [7, 11) is 0. The SMILES string of the molecule is c1csc(CN2C3CC2CN(c2ccc(-c4ncnc5[nH]ccc45)cn2)C3)c1. The number of pyridine rings is 1. The fourth-order valence-electron chi connectivity index (χ4n) is 4.53. The number of anilines is 1. The summed E-state index contributed by atoms with van der Waals surface area (Å²) in [4.78, 5) is 23.2. The van der Waals surface area contributed by atoms with Crippen LogP contribution in [-0.4, -0.2) is 50.0 Å². The molecule has 1 N–H and O–H groups in total. The van der Waals surface area contributed by atoms with E-state index >= 15 is 0 Å². The molecule has 2 atom stereocenters. The summed E-state index contributed by atoms with van der Waals surface area (Å²) in [6.07, 6.45) is 6.75. The van der Waals surface area contributed by atoms with Crippen LogP contribution in [0.5, 0.6) is 0 Å². The molecule has 140 valence electrons. The van der Waals surface area contributed by atoms with E-state index in [4.69, 9.17) is 4.98 Å². The molecule has 7 rings (SSSR count). The van der Waals surface area contributed by atoms with Gasteiger partial charge in [-0.15, -0.1) is 11.3 Å². The molecule has 6 nitrogen and oxygen atoms in total. The Kier molecular flexibility index (Phi) is 3.70. The second-order valence-electron chi connectivity index (χ2n) is 7.57. The molecule has 0 radical (unpaired) electrons. The highest BCUT2D eigenvalue weighted by atomic mass is 32.1. The topological polar surface area (TPSA) is 60.9 Å². The predicted octanol–water partition coefficient (Wildman–Crippen LogP) is 3.54. The van der Waals surface area contributed by atoms with Crippen LogP contribution in [-0.2, 0) is 6.54 Å². The summed E-state index contributed by atoms with van der Waals surface area (Å²) in [6, 6.07) is 11.9. The highest BCUT2D eigenvalue weighted by Crippen LogP contribution is 2.36. The van der Waals surface area contributed by atoms with Gasteiger partial charge in [0.1, 0.15) is 17.8 Å². The van der Waals surface area contributed by atoms with Gasteiger partial charge in [0.05, 0.1) is 5.69 Å². The normalized spacial score (nSPS) is 21.8. The number of aromatic nitrogens is 4. The third kappa shape index (κ3) is 2.62. The number of piperazine rings is 1. The molecule has 7 heteroatoms. The minimum atomic E-state index is 0.642. The van der Waals surface area contributed by atoms with Crippen molar-refractivity contribution in [2.24, 2.45) is 0 Å². The standard InChI is InChI=1S/C21H20N6S/c1-2-17(28-7-1)12-27-15-8-16(27)11-26(10-15)19-4-3-14(9-23-19)20-18-5-6-22-21(18)25-13-24-20/h1-7,9,13,15-16H,8,10-12H2,(H,22,24,25). The molecule has 0 spiro atoms. The van der Waals surface area contributed by atoms with Crippen molar-refractivity contribution >= 4 is 28.2 Å². The minimum absolute atomic E-state index is 0.642. The zero-order valence-corrected chi connectivity index (χ0v) is 16.1. The Labute approximate surface area is 166 Å². The molecule has 28 heavy (non-hydrogen) atoms. The van der Waals surface area contributed by atoms with Crippen LogP contribution in [0, 0.1) is 0 Å². The number of piperidine rings is 1. The highest BCUT2D eigenvalue weighted by Gasteiger charge is 2.44. The average molecular weight is 389 g/mol. The third-order valence-corrected chi connectivity index (χ3v) is 6.82. The Bertz CT molecular complexity index is 1090. The van der Waals surface area contributed by atoms with E-state index in [9.17, 15) is 0 Å². The number of aromatic amines is 1. The monoisotopic (exact) mass is 388 g/mol. The van der Waals surface area contributed by atoms with E-state index in [1.165, 1.54) is 11.3 Å². The molecule has 3 aliphatic heterocycles. The molecule has 2 bridgehead atoms. The lowest BCUT2D eigenvalue weighted by Crippen LogP contribution is -2.68. The summed E-state index contributed by atoms with van der Waals surface area (Å²) in [5, 5.41) is 3.20. The zero-order chi connectivity index (χ0) is 18.5. The van der Waals surface area contributed by atoms with Crippen LogP contribution < -0.4 is 4.90 Å². The van der Waals surface area contributed by atoms with Crippen molar-refractivity contribution in [3.05, 3.63) is 59.3 Å². The molecule has 4 aromatic heterocycles. The van der Waals surface area contributed by atoms with Gasteiger partial charge in [-0.3, -0.25) is 4.90 Å². The lowest BCUT2D eigenvalue weighted by Gasteiger charge is -2.56. The zero-order valence-electron chi connectivity index (χ0n) is 15.3. The summed E-state index contributed by atoms with van der Waals surface area (Å²) in [6.45, 7) is 3.21. The van der Waals surface area contributed by atoms with Gasteiger partial charge in [0, 0.05) is 59.9 Å². The van der Waals surface area contributed by atoms with E-state index in [-0.39, 0.29) is 0 Å². The largest absolute Gasteiger partial charge is 0.353 e. The molecule has 0 aromatic carbocycles. The van der Waals surface area contributed by atoms with Gasteiger partial charge < -0.3 is 9.88 Å². The maximum Gasteiger partial charge on any atom is 0.141 e. The number of rotatable bonds is 4. The molecule has 3 fully saturated rings. The van der Waals surface area contributed by atoms with Crippen molar-refractivity contribution in [3.63, 3.8) is 0 Å². The lowest BCUT2D eigenvalue weighted by molar-refractivity contribution is -0.00782. The van der Waals surface area contributed by atoms with Gasteiger partial charge in [-0.05, 0) is 36.1 Å². The predicted molar refractivity (Wildman–Crippen MR) is 111 cm³/mol. The molecule has 3 saturated heterocycles. The number of H-pyrrole nitrogens is 1. The van der Waals surface area contributed by atoms with Crippen molar-refractivity contribution < 1.29 is 0 Å². The van der Waals surface area contributed by atoms with Crippen LogP contribution in [0.4, 0.5) is 5.82 Å². The molecule has 0 aliphatic carbocycles. The Hall–Kier alpha value is -2.77. The van der Waals surface area contributed by atoms with Crippen LogP contribution in [0.1, 0.15) is 11.3 Å². The van der Waals surface area contributed by atoms with E-state index in [1.807, 2.05) is 29.8 Å². The lowest BCUT2D eigenvalue weighted by atomic mass is 9.87. The molecule has 0 saturated carbocycles. The van der Waals surface area contributed by atoms with Crippen molar-refractivity contribution in [3.8, 4) is 11.3 Å². The maximum absolute atomic E-state index is 4.76. The fraction of sp³-hybridized carbons (Fsp3) is 0.286. The van der Waals surface area contributed by atoms with Gasteiger partial charge >= 0.3 is 0 Å². The van der Waals surface area contributed by atoms with Gasteiger partial charge in [0.2, 0.25) is 0 Å². The van der Waals surface area contributed by atoms with E-state index < -0.39 is 0 Å². The molecule has 7 heterocycles. The highest BCUT2D eigenvalue weighted by molar-refractivity contribution is 7.09. The van der Waals surface area contributed by atoms with E-state index in [2.05, 4.69) is 54.4 Å². The van der Waals surface area contributed by atoms with Crippen LogP contribution >= 0.6 is 11.3 Å². The molecular formula is C21H20N6S. The number of nitrogens with one attached hydrogen (secondary N) is 1. The van der Waals surface area contributed by atoms with Crippen LogP contribution in [0.2, 0.25) is 0 Å². The Morgan fingerprint density at radius 1 is 1.07 bits per heavy atom. The van der Waals surface area contributed by atoms with E-state index in [1.54, 1.807) is 6.33 Å². The van der Waals surface area contributed by atoms with E-state index in [0.29, 0.717) is 12.1 Å². The van der Waals surface area contributed by atoms with Gasteiger partial charge in [-0.1, -0.05) is 6.07 Å². The molecular weight excluding hydrogens is 368 g/mol. The minimum Gasteiger partial charge on any atom is -0.353 e. The first kappa shape index (κ1) is 16.2. The molecule has 2 unspecified atom stereocenters. The third-order valence-electron chi connectivity index (χ3n) is 5.96. The smallest absolute Gasteiger partial charge is 0.141 e. The van der Waals surface area contributed by atoms with Crippen molar-refractivity contribution in [2.75, 3.05) is 18.0 Å². The number of hydrogen-bond acceptors (Lipinski definition) is 6. The molecule has 4 aromatic rings. The summed E-state index contributed by atoms with van der Waals surface area (Å²) < 4.78 is 0. The van der Waals surface area contributed by atoms with Gasteiger partial charge in [-0.25, -0.2) is 15.0 Å². The maximum atomic E-state index is 4.76. The Balaban J connectivity index is 1.19. The number of thiophene rings is 1. The van der Waals surface area contributed by atoms with Crippen LogP contribution in [0.15, 0.2) is 54.4 Å². The number of hydrogen-bond donors (Lipinski definition) is 1. The first-order valence-corrected chi connectivity index (χ1v) is 10.5. The Morgan fingerprint density at radius 2 is 2.00 bits per heavy atom. The molecule has 0 amide bonds.